The van der Waals surface area contributed by atoms with Crippen LogP contribution in [0.1, 0.15) is 11.1 Å². The van der Waals surface area contributed by atoms with Crippen LogP contribution < -0.4 is 10.3 Å². The van der Waals surface area contributed by atoms with Crippen LogP contribution in [0, 0.1) is 6.92 Å². The summed E-state index contributed by atoms with van der Waals surface area (Å²) in [7, 11) is 0. The van der Waals surface area contributed by atoms with Crippen LogP contribution in [-0.4, -0.2) is 9.97 Å². The molecule has 0 saturated carbocycles. The molecule has 4 heteroatoms. The van der Waals surface area contributed by atoms with Crippen LogP contribution >= 0.6 is 0 Å². The molecule has 1 aromatic heterocycles. The number of aryl methyl sites for hydroxylation is 1. The van der Waals surface area contributed by atoms with Gasteiger partial charge in [0.05, 0.1) is 16.5 Å². The zero-order valence-corrected chi connectivity index (χ0v) is 14.4. The third-order valence-electron chi connectivity index (χ3n) is 4.23. The molecule has 0 bridgehead atoms. The van der Waals surface area contributed by atoms with Crippen LogP contribution in [-0.2, 0) is 6.61 Å². The molecule has 0 saturated heterocycles. The maximum absolute atomic E-state index is 12.4. The summed E-state index contributed by atoms with van der Waals surface area (Å²) in [5.41, 5.74) is 3.57. The van der Waals surface area contributed by atoms with Gasteiger partial charge in [-0.1, -0.05) is 54.1 Å². The van der Waals surface area contributed by atoms with Gasteiger partial charge in [0, 0.05) is 0 Å². The number of fused-ring (bicyclic) bond motifs is 1. The summed E-state index contributed by atoms with van der Waals surface area (Å²) in [6.07, 6.45) is 0. The second kappa shape index (κ2) is 6.84. The van der Waals surface area contributed by atoms with E-state index in [4.69, 9.17) is 4.74 Å². The fourth-order valence-corrected chi connectivity index (χ4v) is 2.97. The van der Waals surface area contributed by atoms with Crippen molar-refractivity contribution < 1.29 is 4.74 Å². The van der Waals surface area contributed by atoms with Crippen molar-refractivity contribution in [2.45, 2.75) is 13.5 Å². The van der Waals surface area contributed by atoms with E-state index in [1.165, 1.54) is 5.56 Å². The van der Waals surface area contributed by atoms with E-state index < -0.39 is 0 Å². The molecule has 0 aliphatic rings. The summed E-state index contributed by atoms with van der Waals surface area (Å²) in [4.78, 5) is 19.8. The molecule has 26 heavy (non-hydrogen) atoms. The van der Waals surface area contributed by atoms with Gasteiger partial charge in [-0.15, -0.1) is 0 Å². The second-order valence-electron chi connectivity index (χ2n) is 6.21. The van der Waals surface area contributed by atoms with E-state index in [9.17, 15) is 4.79 Å². The fraction of sp³-hybridized carbons (Fsp3) is 0.0909. The topological polar surface area (TPSA) is 55.0 Å². The number of H-pyrrole nitrogens is 1. The summed E-state index contributed by atoms with van der Waals surface area (Å²) < 4.78 is 6.02. The Labute approximate surface area is 151 Å². The first-order valence-corrected chi connectivity index (χ1v) is 8.47. The van der Waals surface area contributed by atoms with Gasteiger partial charge in [-0.3, -0.25) is 4.79 Å². The number of rotatable bonds is 4. The van der Waals surface area contributed by atoms with Crippen LogP contribution in [0.2, 0.25) is 0 Å². The largest absolute Gasteiger partial charge is 0.488 e. The zero-order valence-electron chi connectivity index (χ0n) is 14.4. The summed E-state index contributed by atoms with van der Waals surface area (Å²) in [5.74, 6) is 1.20. The lowest BCUT2D eigenvalue weighted by molar-refractivity contribution is 0.307. The summed E-state index contributed by atoms with van der Waals surface area (Å²) in [6.45, 7) is 2.51. The normalized spacial score (nSPS) is 10.8. The first-order chi connectivity index (χ1) is 12.7. The number of nitrogens with one attached hydrogen (secondary N) is 1. The maximum atomic E-state index is 12.4. The van der Waals surface area contributed by atoms with E-state index in [1.54, 1.807) is 6.07 Å². The Morgan fingerprint density at radius 3 is 2.65 bits per heavy atom. The standard InChI is InChI=1S/C22H18N2O2/c1-15-7-6-8-16(13-15)14-26-20-12-5-3-10-18(20)21-23-19-11-4-2-9-17(19)22(25)24-21/h2-13H,14H2,1H3,(H,23,24,25). The van der Waals surface area contributed by atoms with Crippen LogP contribution in [0.4, 0.5) is 0 Å². The third kappa shape index (κ3) is 3.22. The Kier molecular flexibility index (Phi) is 4.23. The molecule has 0 spiro atoms. The predicted octanol–water partition coefficient (Wildman–Crippen LogP) is 4.48. The molecular formula is C22H18N2O2. The SMILES string of the molecule is Cc1cccc(COc2ccccc2-c2nc3ccccc3c(=O)[nH]2)c1. The average molecular weight is 342 g/mol. The average Bonchev–Trinajstić information content (AvgIpc) is 2.67. The molecule has 128 valence electrons. The van der Waals surface area contributed by atoms with Gasteiger partial charge in [0.15, 0.2) is 0 Å². The van der Waals surface area contributed by atoms with Crippen molar-refractivity contribution in [2.75, 3.05) is 0 Å². The quantitative estimate of drug-likeness (QED) is 0.595. The minimum absolute atomic E-state index is 0.154. The number of nitrogens with zero attached hydrogens (tertiary/aromatic N) is 1. The number of aromatic amines is 1. The van der Waals surface area contributed by atoms with Crippen molar-refractivity contribution in [3.8, 4) is 17.1 Å². The third-order valence-corrected chi connectivity index (χ3v) is 4.23. The lowest BCUT2D eigenvalue weighted by Crippen LogP contribution is -2.10. The smallest absolute Gasteiger partial charge is 0.259 e. The molecule has 4 nitrogen and oxygen atoms in total. The van der Waals surface area contributed by atoms with Crippen molar-refractivity contribution in [1.82, 2.24) is 9.97 Å². The van der Waals surface area contributed by atoms with E-state index in [0.717, 1.165) is 11.1 Å². The van der Waals surface area contributed by atoms with Crippen LogP contribution in [0.15, 0.2) is 77.6 Å². The molecule has 4 rings (SSSR count). The van der Waals surface area contributed by atoms with E-state index in [0.29, 0.717) is 29.1 Å². The Morgan fingerprint density at radius 2 is 1.77 bits per heavy atom. The summed E-state index contributed by atoms with van der Waals surface area (Å²) in [5, 5.41) is 0.578. The molecule has 3 aromatic carbocycles. The number of aromatic nitrogens is 2. The van der Waals surface area contributed by atoms with E-state index in [-0.39, 0.29) is 5.56 Å². The van der Waals surface area contributed by atoms with Crippen molar-refractivity contribution in [2.24, 2.45) is 0 Å². The maximum Gasteiger partial charge on any atom is 0.259 e. The van der Waals surface area contributed by atoms with Crippen molar-refractivity contribution in [3.63, 3.8) is 0 Å². The number of hydrogen-bond acceptors (Lipinski definition) is 3. The first-order valence-electron chi connectivity index (χ1n) is 8.47. The summed E-state index contributed by atoms with van der Waals surface area (Å²) >= 11 is 0. The molecule has 4 aromatic rings. The highest BCUT2D eigenvalue weighted by molar-refractivity contribution is 5.80. The van der Waals surface area contributed by atoms with Gasteiger partial charge in [-0.05, 0) is 36.8 Å². The Morgan fingerprint density at radius 1 is 0.962 bits per heavy atom. The highest BCUT2D eigenvalue weighted by Crippen LogP contribution is 2.28. The molecule has 0 unspecified atom stereocenters. The lowest BCUT2D eigenvalue weighted by Gasteiger charge is -2.12. The molecule has 0 fully saturated rings. The van der Waals surface area contributed by atoms with Gasteiger partial charge in [-0.2, -0.15) is 0 Å². The molecular weight excluding hydrogens is 324 g/mol. The van der Waals surface area contributed by atoms with Gasteiger partial charge in [0.2, 0.25) is 0 Å². The minimum Gasteiger partial charge on any atom is -0.488 e. The number of para-hydroxylation sites is 2. The second-order valence-corrected chi connectivity index (χ2v) is 6.21. The molecule has 0 aliphatic carbocycles. The number of hydrogen-bond donors (Lipinski definition) is 1. The monoisotopic (exact) mass is 342 g/mol. The summed E-state index contributed by atoms with van der Waals surface area (Å²) in [6, 6.07) is 23.1. The van der Waals surface area contributed by atoms with E-state index >= 15 is 0 Å². The van der Waals surface area contributed by atoms with E-state index in [2.05, 4.69) is 29.0 Å². The van der Waals surface area contributed by atoms with Gasteiger partial charge >= 0.3 is 0 Å². The van der Waals surface area contributed by atoms with E-state index in [1.807, 2.05) is 54.6 Å². The fourth-order valence-electron chi connectivity index (χ4n) is 2.97. The predicted molar refractivity (Wildman–Crippen MR) is 103 cm³/mol. The van der Waals surface area contributed by atoms with Crippen molar-refractivity contribution >= 4 is 10.9 Å². The van der Waals surface area contributed by atoms with Gasteiger partial charge in [0.25, 0.3) is 5.56 Å². The highest BCUT2D eigenvalue weighted by atomic mass is 16.5. The lowest BCUT2D eigenvalue weighted by atomic mass is 10.1. The van der Waals surface area contributed by atoms with Crippen LogP contribution in [0.5, 0.6) is 5.75 Å². The molecule has 1 heterocycles. The van der Waals surface area contributed by atoms with Crippen molar-refractivity contribution in [1.29, 1.82) is 0 Å². The Balaban J connectivity index is 1.71. The molecule has 0 amide bonds. The first kappa shape index (κ1) is 16.1. The van der Waals surface area contributed by atoms with Crippen LogP contribution in [0.25, 0.3) is 22.3 Å². The molecule has 1 N–H and O–H groups in total. The van der Waals surface area contributed by atoms with Gasteiger partial charge in [-0.25, -0.2) is 4.98 Å². The van der Waals surface area contributed by atoms with Crippen LogP contribution in [0.3, 0.4) is 0 Å². The zero-order chi connectivity index (χ0) is 17.9. The Hall–Kier alpha value is -3.40. The molecule has 0 aliphatic heterocycles. The highest BCUT2D eigenvalue weighted by Gasteiger charge is 2.11. The number of ether oxygens (including phenoxy) is 1. The Bertz CT molecular complexity index is 1130. The number of benzene rings is 3. The minimum atomic E-state index is -0.154. The van der Waals surface area contributed by atoms with Gasteiger partial charge in [0.1, 0.15) is 18.2 Å². The molecule has 0 atom stereocenters. The molecule has 0 radical (unpaired) electrons. The van der Waals surface area contributed by atoms with Gasteiger partial charge < -0.3 is 9.72 Å². The van der Waals surface area contributed by atoms with Crippen molar-refractivity contribution in [3.05, 3.63) is 94.3 Å².